The number of nitro benzene ring substituents is 1. The van der Waals surface area contributed by atoms with E-state index in [4.69, 9.17) is 0 Å². The molecule has 1 unspecified atom stereocenters. The maximum Gasteiger partial charge on any atom is 0.293 e. The predicted molar refractivity (Wildman–Crippen MR) is 76.1 cm³/mol. The van der Waals surface area contributed by atoms with E-state index in [0.717, 1.165) is 0 Å². The lowest BCUT2D eigenvalue weighted by Crippen LogP contribution is -2.36. The van der Waals surface area contributed by atoms with Gasteiger partial charge >= 0.3 is 0 Å². The number of hydrogen-bond acceptors (Lipinski definition) is 5. The van der Waals surface area contributed by atoms with Gasteiger partial charge in [0, 0.05) is 31.1 Å². The van der Waals surface area contributed by atoms with Crippen molar-refractivity contribution >= 4 is 23.2 Å². The molecule has 2 amide bonds. The minimum absolute atomic E-state index is 0.117. The molecule has 3 N–H and O–H groups in total. The summed E-state index contributed by atoms with van der Waals surface area (Å²) in [7, 11) is 0. The second kappa shape index (κ2) is 6.21. The summed E-state index contributed by atoms with van der Waals surface area (Å²) in [6, 6.07) is 3.98. The van der Waals surface area contributed by atoms with Crippen LogP contribution in [0.25, 0.3) is 0 Å². The molecule has 1 atom stereocenters. The second-order valence-electron chi connectivity index (χ2n) is 4.70. The number of rotatable bonds is 5. The Morgan fingerprint density at radius 2 is 2.29 bits per heavy atom. The molecule has 8 heteroatoms. The van der Waals surface area contributed by atoms with Gasteiger partial charge in [0.05, 0.1) is 11.0 Å². The molecule has 0 bridgehead atoms. The van der Waals surface area contributed by atoms with Crippen LogP contribution in [0.4, 0.5) is 11.4 Å². The molecule has 1 aromatic carbocycles. The summed E-state index contributed by atoms with van der Waals surface area (Å²) >= 11 is 0. The Kier molecular flexibility index (Phi) is 4.36. The topological polar surface area (TPSA) is 113 Å². The van der Waals surface area contributed by atoms with Crippen LogP contribution in [0.15, 0.2) is 18.2 Å². The first-order chi connectivity index (χ1) is 10.0. The smallest absolute Gasteiger partial charge is 0.293 e. The zero-order valence-corrected chi connectivity index (χ0v) is 11.5. The van der Waals surface area contributed by atoms with Gasteiger partial charge in [0.15, 0.2) is 0 Å². The first-order valence-electron chi connectivity index (χ1n) is 6.61. The van der Waals surface area contributed by atoms with Crippen molar-refractivity contribution in [2.24, 2.45) is 0 Å². The second-order valence-corrected chi connectivity index (χ2v) is 4.70. The van der Waals surface area contributed by atoms with Crippen LogP contribution in [0, 0.1) is 10.1 Å². The zero-order chi connectivity index (χ0) is 15.4. The highest BCUT2D eigenvalue weighted by atomic mass is 16.6. The van der Waals surface area contributed by atoms with Crippen molar-refractivity contribution in [1.29, 1.82) is 0 Å². The van der Waals surface area contributed by atoms with Crippen molar-refractivity contribution in [2.45, 2.75) is 19.4 Å². The summed E-state index contributed by atoms with van der Waals surface area (Å²) in [5.41, 5.74) is 0.421. The monoisotopic (exact) mass is 292 g/mol. The molecule has 0 aliphatic carbocycles. The Labute approximate surface area is 121 Å². The number of anilines is 1. The Morgan fingerprint density at radius 1 is 1.52 bits per heavy atom. The van der Waals surface area contributed by atoms with Crippen molar-refractivity contribution in [1.82, 2.24) is 10.6 Å². The number of nitrogens with zero attached hydrogens (tertiary/aromatic N) is 1. The van der Waals surface area contributed by atoms with Crippen LogP contribution in [-0.2, 0) is 4.79 Å². The highest BCUT2D eigenvalue weighted by Gasteiger charge is 2.24. The van der Waals surface area contributed by atoms with Gasteiger partial charge in [0.2, 0.25) is 5.91 Å². The first kappa shape index (κ1) is 14.8. The molecule has 1 fully saturated rings. The lowest BCUT2D eigenvalue weighted by molar-refractivity contribution is -0.384. The summed E-state index contributed by atoms with van der Waals surface area (Å²) in [6.45, 7) is 2.75. The summed E-state index contributed by atoms with van der Waals surface area (Å²) in [4.78, 5) is 33.6. The van der Waals surface area contributed by atoms with Crippen LogP contribution in [0.5, 0.6) is 0 Å². The maximum atomic E-state index is 12.1. The predicted octanol–water partition coefficient (Wildman–Crippen LogP) is 0.645. The number of amides is 2. The normalized spacial score (nSPS) is 17.2. The third kappa shape index (κ3) is 3.47. The molecule has 21 heavy (non-hydrogen) atoms. The number of nitrogens with one attached hydrogen (secondary N) is 3. The minimum Gasteiger partial charge on any atom is -0.380 e. The van der Waals surface area contributed by atoms with E-state index in [0.29, 0.717) is 18.8 Å². The Hall–Kier alpha value is -2.64. The quantitative estimate of drug-likeness (QED) is 0.544. The summed E-state index contributed by atoms with van der Waals surface area (Å²) in [5.74, 6) is -0.545. The molecular formula is C13H16N4O4. The van der Waals surface area contributed by atoms with Gasteiger partial charge < -0.3 is 16.0 Å². The number of carbonyl (C=O) groups is 2. The Morgan fingerprint density at radius 3 is 2.86 bits per heavy atom. The first-order valence-corrected chi connectivity index (χ1v) is 6.61. The fourth-order valence-corrected chi connectivity index (χ4v) is 2.14. The van der Waals surface area contributed by atoms with Gasteiger partial charge in [0.1, 0.15) is 5.69 Å². The maximum absolute atomic E-state index is 12.1. The van der Waals surface area contributed by atoms with Crippen LogP contribution in [0.3, 0.4) is 0 Å². The molecule has 1 aliphatic heterocycles. The van der Waals surface area contributed by atoms with Crippen LogP contribution in [0.2, 0.25) is 0 Å². The van der Waals surface area contributed by atoms with Gasteiger partial charge in [-0.25, -0.2) is 0 Å². The number of benzene rings is 1. The highest BCUT2D eigenvalue weighted by molar-refractivity contribution is 5.96. The molecule has 1 saturated heterocycles. The SMILES string of the molecule is CCNc1ccc(C(=O)NC2CNC(=O)C2)cc1[N+](=O)[O-]. The third-order valence-electron chi connectivity index (χ3n) is 3.14. The van der Waals surface area contributed by atoms with Gasteiger partial charge in [-0.05, 0) is 19.1 Å². The van der Waals surface area contributed by atoms with E-state index < -0.39 is 10.8 Å². The number of hydrogen-bond donors (Lipinski definition) is 3. The standard InChI is InChI=1S/C13H16N4O4/c1-2-14-10-4-3-8(5-11(10)17(20)21)13(19)16-9-6-12(18)15-7-9/h3-5,9,14H,2,6-7H2,1H3,(H,15,18)(H,16,19). The van der Waals surface area contributed by atoms with E-state index in [1.807, 2.05) is 6.92 Å². The molecule has 112 valence electrons. The zero-order valence-electron chi connectivity index (χ0n) is 11.5. The van der Waals surface area contributed by atoms with Gasteiger partial charge in [-0.1, -0.05) is 0 Å². The van der Waals surface area contributed by atoms with Gasteiger partial charge in [0.25, 0.3) is 11.6 Å². The molecule has 0 radical (unpaired) electrons. The highest BCUT2D eigenvalue weighted by Crippen LogP contribution is 2.25. The van der Waals surface area contributed by atoms with E-state index in [1.165, 1.54) is 18.2 Å². The summed E-state index contributed by atoms with van der Waals surface area (Å²) in [5, 5.41) is 19.2. The largest absolute Gasteiger partial charge is 0.380 e. The van der Waals surface area contributed by atoms with Crippen LogP contribution in [-0.4, -0.2) is 35.9 Å². The molecular weight excluding hydrogens is 276 g/mol. The summed E-state index contributed by atoms with van der Waals surface area (Å²) < 4.78 is 0. The van der Waals surface area contributed by atoms with E-state index >= 15 is 0 Å². The van der Waals surface area contributed by atoms with Crippen molar-refractivity contribution < 1.29 is 14.5 Å². The van der Waals surface area contributed by atoms with Crippen molar-refractivity contribution in [2.75, 3.05) is 18.4 Å². The lowest BCUT2D eigenvalue weighted by atomic mass is 10.1. The van der Waals surface area contributed by atoms with Crippen molar-refractivity contribution in [3.63, 3.8) is 0 Å². The fourth-order valence-electron chi connectivity index (χ4n) is 2.14. The van der Waals surface area contributed by atoms with Crippen molar-refractivity contribution in [3.8, 4) is 0 Å². The molecule has 2 rings (SSSR count). The minimum atomic E-state index is -0.532. The lowest BCUT2D eigenvalue weighted by Gasteiger charge is -2.11. The van der Waals surface area contributed by atoms with Crippen molar-refractivity contribution in [3.05, 3.63) is 33.9 Å². The van der Waals surface area contributed by atoms with E-state index in [1.54, 1.807) is 0 Å². The average Bonchev–Trinajstić information content (AvgIpc) is 2.84. The van der Waals surface area contributed by atoms with E-state index in [-0.39, 0.29) is 29.6 Å². The fraction of sp³-hybridized carbons (Fsp3) is 0.385. The van der Waals surface area contributed by atoms with E-state index in [9.17, 15) is 19.7 Å². The summed E-state index contributed by atoms with van der Waals surface area (Å²) in [6.07, 6.45) is 0.226. The Bertz CT molecular complexity index is 588. The third-order valence-corrected chi connectivity index (χ3v) is 3.14. The van der Waals surface area contributed by atoms with Crippen LogP contribution in [0.1, 0.15) is 23.7 Å². The van der Waals surface area contributed by atoms with Gasteiger partial charge in [-0.3, -0.25) is 19.7 Å². The molecule has 1 heterocycles. The van der Waals surface area contributed by atoms with Gasteiger partial charge in [-0.15, -0.1) is 0 Å². The molecule has 0 aromatic heterocycles. The number of carbonyl (C=O) groups excluding carboxylic acids is 2. The van der Waals surface area contributed by atoms with Crippen LogP contribution >= 0.6 is 0 Å². The molecule has 8 nitrogen and oxygen atoms in total. The van der Waals surface area contributed by atoms with Crippen LogP contribution < -0.4 is 16.0 Å². The average molecular weight is 292 g/mol. The van der Waals surface area contributed by atoms with E-state index in [2.05, 4.69) is 16.0 Å². The van der Waals surface area contributed by atoms with Gasteiger partial charge in [-0.2, -0.15) is 0 Å². The molecule has 0 saturated carbocycles. The Balaban J connectivity index is 2.15. The molecule has 1 aliphatic rings. The number of nitro groups is 1. The molecule has 1 aromatic rings. The molecule has 0 spiro atoms.